The number of rotatable bonds is 26. The summed E-state index contributed by atoms with van der Waals surface area (Å²) in [6.07, 6.45) is 23.8. The smallest absolute Gasteiger partial charge is 0.339 e. The van der Waals surface area contributed by atoms with Gasteiger partial charge in [0.05, 0.1) is 13.2 Å². The van der Waals surface area contributed by atoms with Crippen LogP contribution in [-0.2, 0) is 0 Å². The van der Waals surface area contributed by atoms with Gasteiger partial charge in [-0.1, -0.05) is 129 Å². The second kappa shape index (κ2) is 22.7. The number of benzene rings is 1. The number of hydrogen-bond acceptors (Lipinski definition) is 4. The van der Waals surface area contributed by atoms with Crippen LogP contribution in [0.4, 0.5) is 0 Å². The molecule has 0 saturated carbocycles. The van der Waals surface area contributed by atoms with Gasteiger partial charge in [-0.15, -0.1) is 0 Å². The highest BCUT2D eigenvalue weighted by molar-refractivity contribution is 5.98. The summed E-state index contributed by atoms with van der Waals surface area (Å²) in [5, 5.41) is 19.3. The van der Waals surface area contributed by atoms with Crippen LogP contribution in [0.15, 0.2) is 12.1 Å². The summed E-state index contributed by atoms with van der Waals surface area (Å²) >= 11 is 0. The number of hydrogen-bond donors (Lipinski definition) is 2. The van der Waals surface area contributed by atoms with Crippen molar-refractivity contribution in [3.63, 3.8) is 0 Å². The number of carbonyl (C=O) groups is 2. The molecule has 0 saturated heterocycles. The Morgan fingerprint density at radius 3 is 1.03 bits per heavy atom. The Balaban J connectivity index is 2.49. The molecule has 0 bridgehead atoms. The molecular formula is C32H54O6. The fourth-order valence-corrected chi connectivity index (χ4v) is 4.71. The van der Waals surface area contributed by atoms with Gasteiger partial charge in [0, 0.05) is 0 Å². The predicted molar refractivity (Wildman–Crippen MR) is 155 cm³/mol. The molecule has 0 radical (unpaired) electrons. The lowest BCUT2D eigenvalue weighted by Crippen LogP contribution is -2.12. The van der Waals surface area contributed by atoms with Gasteiger partial charge in [0.25, 0.3) is 0 Å². The lowest BCUT2D eigenvalue weighted by Gasteiger charge is -2.17. The summed E-state index contributed by atoms with van der Waals surface area (Å²) in [4.78, 5) is 23.7. The molecule has 0 fully saturated rings. The van der Waals surface area contributed by atoms with E-state index in [2.05, 4.69) is 13.8 Å². The maximum atomic E-state index is 11.8. The molecule has 6 nitrogen and oxygen atoms in total. The van der Waals surface area contributed by atoms with Crippen molar-refractivity contribution in [2.24, 2.45) is 0 Å². The van der Waals surface area contributed by atoms with Crippen LogP contribution in [0.3, 0.4) is 0 Å². The molecule has 218 valence electrons. The summed E-state index contributed by atoms with van der Waals surface area (Å²) in [5.74, 6) is -2.21. The molecule has 38 heavy (non-hydrogen) atoms. The Kier molecular flexibility index (Phi) is 20.2. The Hall–Kier alpha value is -2.24. The molecule has 0 amide bonds. The zero-order valence-corrected chi connectivity index (χ0v) is 24.2. The third-order valence-electron chi connectivity index (χ3n) is 7.06. The molecular weight excluding hydrogens is 480 g/mol. The minimum Gasteiger partial charge on any atom is -0.489 e. The van der Waals surface area contributed by atoms with Gasteiger partial charge < -0.3 is 19.7 Å². The minimum absolute atomic E-state index is 0.0420. The van der Waals surface area contributed by atoms with E-state index in [0.29, 0.717) is 13.2 Å². The van der Waals surface area contributed by atoms with Crippen LogP contribution in [0.2, 0.25) is 0 Å². The molecule has 0 aromatic heterocycles. The molecule has 1 rings (SSSR count). The number of aromatic carboxylic acids is 2. The van der Waals surface area contributed by atoms with Crippen LogP contribution >= 0.6 is 0 Å². The van der Waals surface area contributed by atoms with E-state index in [-0.39, 0.29) is 22.6 Å². The molecule has 0 heterocycles. The van der Waals surface area contributed by atoms with E-state index in [1.54, 1.807) is 0 Å². The zero-order valence-electron chi connectivity index (χ0n) is 24.2. The first-order valence-corrected chi connectivity index (χ1v) is 15.4. The minimum atomic E-state index is -1.15. The summed E-state index contributed by atoms with van der Waals surface area (Å²) in [5.41, 5.74) is -0.111. The van der Waals surface area contributed by atoms with E-state index >= 15 is 0 Å². The standard InChI is InChI=1S/C32H54O6/c1-3-5-7-9-11-13-15-17-19-21-25-37-29-27(31(33)34)23-24-28(32(35)36)30(29)38-26-22-20-18-16-14-12-10-8-6-4-2/h23-24H,3-22,25-26H2,1-2H3,(H,33,34)(H,35,36). The van der Waals surface area contributed by atoms with Crippen molar-refractivity contribution in [1.29, 1.82) is 0 Å². The Morgan fingerprint density at radius 2 is 0.763 bits per heavy atom. The fraction of sp³-hybridized carbons (Fsp3) is 0.750. The number of carboxylic acids is 2. The van der Waals surface area contributed by atoms with Crippen LogP contribution in [-0.4, -0.2) is 35.4 Å². The van der Waals surface area contributed by atoms with Crippen molar-refractivity contribution < 1.29 is 29.3 Å². The van der Waals surface area contributed by atoms with Crippen molar-refractivity contribution in [1.82, 2.24) is 0 Å². The average molecular weight is 535 g/mol. The van der Waals surface area contributed by atoms with Gasteiger partial charge in [0.1, 0.15) is 11.1 Å². The maximum absolute atomic E-state index is 11.8. The summed E-state index contributed by atoms with van der Waals surface area (Å²) in [6, 6.07) is 2.60. The molecule has 0 spiro atoms. The molecule has 0 aliphatic rings. The van der Waals surface area contributed by atoms with E-state index < -0.39 is 11.9 Å². The highest BCUT2D eigenvalue weighted by Gasteiger charge is 2.24. The normalized spacial score (nSPS) is 11.0. The zero-order chi connectivity index (χ0) is 27.8. The maximum Gasteiger partial charge on any atom is 0.339 e. The van der Waals surface area contributed by atoms with Gasteiger partial charge >= 0.3 is 11.9 Å². The third kappa shape index (κ3) is 15.2. The Morgan fingerprint density at radius 1 is 0.500 bits per heavy atom. The van der Waals surface area contributed by atoms with Crippen LogP contribution < -0.4 is 9.47 Å². The van der Waals surface area contributed by atoms with E-state index in [4.69, 9.17) is 9.47 Å². The molecule has 6 heteroatoms. The van der Waals surface area contributed by atoms with Crippen molar-refractivity contribution in [2.75, 3.05) is 13.2 Å². The van der Waals surface area contributed by atoms with Crippen LogP contribution in [0.5, 0.6) is 11.5 Å². The fourth-order valence-electron chi connectivity index (χ4n) is 4.71. The monoisotopic (exact) mass is 534 g/mol. The molecule has 0 atom stereocenters. The van der Waals surface area contributed by atoms with Crippen LogP contribution in [0.1, 0.15) is 163 Å². The largest absolute Gasteiger partial charge is 0.489 e. The van der Waals surface area contributed by atoms with Gasteiger partial charge in [-0.25, -0.2) is 9.59 Å². The Labute approximate surface area is 231 Å². The number of ether oxygens (including phenoxy) is 2. The molecule has 0 unspecified atom stereocenters. The molecule has 0 aliphatic carbocycles. The van der Waals surface area contributed by atoms with E-state index in [9.17, 15) is 19.8 Å². The van der Waals surface area contributed by atoms with Gasteiger partial charge in [-0.05, 0) is 25.0 Å². The second-order valence-corrected chi connectivity index (χ2v) is 10.5. The van der Waals surface area contributed by atoms with Crippen molar-refractivity contribution in [2.45, 2.75) is 142 Å². The first-order chi connectivity index (χ1) is 18.5. The number of unbranched alkanes of at least 4 members (excludes halogenated alkanes) is 18. The van der Waals surface area contributed by atoms with Crippen molar-refractivity contribution >= 4 is 11.9 Å². The topological polar surface area (TPSA) is 93.1 Å². The predicted octanol–water partition coefficient (Wildman–Crippen LogP) is 9.68. The summed E-state index contributed by atoms with van der Waals surface area (Å²) in [6.45, 7) is 5.14. The second-order valence-electron chi connectivity index (χ2n) is 10.5. The van der Waals surface area contributed by atoms with Crippen molar-refractivity contribution in [3.05, 3.63) is 23.3 Å². The molecule has 1 aromatic carbocycles. The SMILES string of the molecule is CCCCCCCCCCCCOc1c(C(=O)O)ccc(C(=O)O)c1OCCCCCCCCCCCC. The van der Waals surface area contributed by atoms with E-state index in [1.165, 1.54) is 102 Å². The summed E-state index contributed by atoms with van der Waals surface area (Å²) < 4.78 is 11.7. The van der Waals surface area contributed by atoms with E-state index in [0.717, 1.165) is 38.5 Å². The highest BCUT2D eigenvalue weighted by Crippen LogP contribution is 2.36. The summed E-state index contributed by atoms with van der Waals surface area (Å²) in [7, 11) is 0. The lowest BCUT2D eigenvalue weighted by molar-refractivity contribution is 0.0671. The van der Waals surface area contributed by atoms with Crippen LogP contribution in [0, 0.1) is 0 Å². The van der Waals surface area contributed by atoms with Gasteiger partial charge in [0.15, 0.2) is 11.5 Å². The van der Waals surface area contributed by atoms with Gasteiger partial charge in [-0.2, -0.15) is 0 Å². The van der Waals surface area contributed by atoms with E-state index in [1.807, 2.05) is 0 Å². The Bertz CT molecular complexity index is 698. The van der Waals surface area contributed by atoms with Crippen LogP contribution in [0.25, 0.3) is 0 Å². The molecule has 2 N–H and O–H groups in total. The third-order valence-corrected chi connectivity index (χ3v) is 7.06. The average Bonchev–Trinajstić information content (AvgIpc) is 2.90. The first kappa shape index (κ1) is 33.8. The molecule has 1 aromatic rings. The molecule has 0 aliphatic heterocycles. The van der Waals surface area contributed by atoms with Crippen molar-refractivity contribution in [3.8, 4) is 11.5 Å². The van der Waals surface area contributed by atoms with Gasteiger partial charge in [-0.3, -0.25) is 0 Å². The first-order valence-electron chi connectivity index (χ1n) is 15.4. The lowest BCUT2D eigenvalue weighted by atomic mass is 10.1. The quantitative estimate of drug-likeness (QED) is 0.115. The number of carboxylic acid groups (broad SMARTS) is 2. The highest BCUT2D eigenvalue weighted by atomic mass is 16.5. The van der Waals surface area contributed by atoms with Gasteiger partial charge in [0.2, 0.25) is 0 Å².